The molecule has 1 amide bonds. The molecule has 3 saturated heterocycles. The lowest BCUT2D eigenvalue weighted by Gasteiger charge is -2.47. The summed E-state index contributed by atoms with van der Waals surface area (Å²) in [6.45, 7) is 7.94. The minimum Gasteiger partial charge on any atom is -0.493 e. The van der Waals surface area contributed by atoms with Crippen LogP contribution in [0.5, 0.6) is 11.5 Å². The van der Waals surface area contributed by atoms with E-state index in [-0.39, 0.29) is 5.82 Å². The fraction of sp³-hybridized carbons (Fsp3) is 0.581. The van der Waals surface area contributed by atoms with Crippen LogP contribution < -0.4 is 14.4 Å². The molecule has 3 aliphatic heterocycles. The number of thioether (sulfide) groups is 1. The molecule has 3 fully saturated rings. The predicted octanol–water partition coefficient (Wildman–Crippen LogP) is 4.21. The van der Waals surface area contributed by atoms with Crippen molar-refractivity contribution in [3.63, 3.8) is 0 Å². The number of carbonyl (C=O) groups excluding carboxylic acids is 1. The van der Waals surface area contributed by atoms with Crippen molar-refractivity contribution >= 4 is 23.4 Å². The van der Waals surface area contributed by atoms with Crippen molar-refractivity contribution in [2.24, 2.45) is 5.92 Å². The lowest BCUT2D eigenvalue weighted by molar-refractivity contribution is -0.131. The van der Waals surface area contributed by atoms with Crippen LogP contribution in [-0.2, 0) is 11.3 Å². The molecule has 2 aromatic rings. The number of amides is 1. The second-order valence-electron chi connectivity index (χ2n) is 11.0. The van der Waals surface area contributed by atoms with Crippen molar-refractivity contribution in [3.8, 4) is 11.5 Å². The third kappa shape index (κ3) is 6.86. The smallest absolute Gasteiger partial charge is 0.222 e. The lowest BCUT2D eigenvalue weighted by atomic mass is 9.86. The van der Waals surface area contributed by atoms with Crippen LogP contribution in [-0.4, -0.2) is 105 Å². The van der Waals surface area contributed by atoms with Gasteiger partial charge in [-0.25, -0.2) is 4.39 Å². The van der Waals surface area contributed by atoms with E-state index >= 15 is 0 Å². The maximum Gasteiger partial charge on any atom is 0.222 e. The first-order chi connectivity index (χ1) is 19.6. The summed E-state index contributed by atoms with van der Waals surface area (Å²) in [4.78, 5) is 22.4. The summed E-state index contributed by atoms with van der Waals surface area (Å²) in [6.07, 6.45) is 2.56. The summed E-state index contributed by atoms with van der Waals surface area (Å²) in [5, 5.41) is 0. The number of likely N-dealkylation sites (tertiary alicyclic amines) is 1. The Balaban J connectivity index is 1.26. The van der Waals surface area contributed by atoms with Crippen molar-refractivity contribution < 1.29 is 18.7 Å². The Kier molecular flexibility index (Phi) is 10.1. The van der Waals surface area contributed by atoms with E-state index in [9.17, 15) is 9.18 Å². The van der Waals surface area contributed by atoms with Crippen LogP contribution in [0.2, 0.25) is 0 Å². The number of ether oxygens (including phenoxy) is 2. The zero-order valence-corrected chi connectivity index (χ0v) is 24.7. The molecule has 2 aromatic carbocycles. The number of piperazine rings is 1. The van der Waals surface area contributed by atoms with Gasteiger partial charge in [0.05, 0.1) is 19.9 Å². The Morgan fingerprint density at radius 2 is 1.73 bits per heavy atom. The zero-order chi connectivity index (χ0) is 27.9. The quantitative estimate of drug-likeness (QED) is 0.448. The van der Waals surface area contributed by atoms with Crippen LogP contribution in [0.1, 0.15) is 24.8 Å². The van der Waals surface area contributed by atoms with E-state index in [0.29, 0.717) is 30.0 Å². The van der Waals surface area contributed by atoms with Crippen LogP contribution in [0.15, 0.2) is 42.5 Å². The molecule has 0 aromatic heterocycles. The van der Waals surface area contributed by atoms with Gasteiger partial charge in [-0.3, -0.25) is 14.6 Å². The Bertz CT molecular complexity index is 1120. The van der Waals surface area contributed by atoms with Crippen LogP contribution in [0.25, 0.3) is 0 Å². The van der Waals surface area contributed by atoms with Gasteiger partial charge in [-0.15, -0.1) is 0 Å². The molecule has 7 nitrogen and oxygen atoms in total. The van der Waals surface area contributed by atoms with Gasteiger partial charge in [0.1, 0.15) is 5.82 Å². The number of nitrogens with zero attached hydrogens (tertiary/aromatic N) is 4. The topological polar surface area (TPSA) is 48.5 Å². The van der Waals surface area contributed by atoms with Crippen molar-refractivity contribution in [2.45, 2.75) is 31.8 Å². The normalized spacial score (nSPS) is 22.8. The molecule has 0 spiro atoms. The molecule has 0 aliphatic carbocycles. The predicted molar refractivity (Wildman–Crippen MR) is 160 cm³/mol. The highest BCUT2D eigenvalue weighted by Crippen LogP contribution is 2.34. The number of piperidine rings is 1. The van der Waals surface area contributed by atoms with Gasteiger partial charge in [0.25, 0.3) is 0 Å². The average molecular weight is 571 g/mol. The number of carbonyl (C=O) groups is 1. The molecule has 40 heavy (non-hydrogen) atoms. The fourth-order valence-electron chi connectivity index (χ4n) is 6.60. The van der Waals surface area contributed by atoms with Gasteiger partial charge in [-0.2, -0.15) is 11.8 Å². The molecule has 3 heterocycles. The Hall–Kier alpha value is -2.49. The fourth-order valence-corrected chi connectivity index (χ4v) is 7.51. The number of rotatable bonds is 9. The molecule has 0 saturated carbocycles. The molecular weight excluding hydrogens is 527 g/mol. The third-order valence-corrected chi connectivity index (χ3v) is 9.67. The molecule has 2 atom stereocenters. The zero-order valence-electron chi connectivity index (χ0n) is 23.9. The van der Waals surface area contributed by atoms with Crippen molar-refractivity contribution in [1.29, 1.82) is 0 Å². The number of hydrogen-bond acceptors (Lipinski definition) is 7. The minimum atomic E-state index is -0.148. The summed E-state index contributed by atoms with van der Waals surface area (Å²) in [5.74, 6) is 4.18. The molecule has 9 heteroatoms. The van der Waals surface area contributed by atoms with Gasteiger partial charge in [0, 0.05) is 81.9 Å². The number of para-hydroxylation sites is 2. The number of methoxy groups -OCH3 is 2. The Morgan fingerprint density at radius 1 is 0.950 bits per heavy atom. The first-order valence-corrected chi connectivity index (χ1v) is 15.7. The molecule has 0 unspecified atom stereocenters. The number of halogens is 1. The van der Waals surface area contributed by atoms with Crippen LogP contribution in [0.4, 0.5) is 10.1 Å². The summed E-state index contributed by atoms with van der Waals surface area (Å²) in [5.41, 5.74) is 1.82. The van der Waals surface area contributed by atoms with E-state index in [1.54, 1.807) is 26.4 Å². The van der Waals surface area contributed by atoms with E-state index in [1.807, 2.05) is 36.0 Å². The molecule has 0 bridgehead atoms. The summed E-state index contributed by atoms with van der Waals surface area (Å²) >= 11 is 1.93. The van der Waals surface area contributed by atoms with E-state index in [1.165, 1.54) is 0 Å². The summed E-state index contributed by atoms with van der Waals surface area (Å²) in [6, 6.07) is 13.6. The molecule has 0 radical (unpaired) electrons. The molecule has 218 valence electrons. The van der Waals surface area contributed by atoms with E-state index in [4.69, 9.17) is 9.47 Å². The van der Waals surface area contributed by atoms with E-state index in [0.717, 1.165) is 100 Å². The van der Waals surface area contributed by atoms with Crippen molar-refractivity contribution in [3.05, 3.63) is 53.8 Å². The number of benzene rings is 2. The largest absolute Gasteiger partial charge is 0.493 e. The van der Waals surface area contributed by atoms with Crippen LogP contribution in [0, 0.1) is 11.7 Å². The van der Waals surface area contributed by atoms with Gasteiger partial charge in [-0.05, 0) is 43.5 Å². The summed E-state index contributed by atoms with van der Waals surface area (Å²) < 4.78 is 25.7. The third-order valence-electron chi connectivity index (χ3n) is 8.73. The van der Waals surface area contributed by atoms with E-state index in [2.05, 4.69) is 25.7 Å². The Labute approximate surface area is 242 Å². The minimum absolute atomic E-state index is 0.148. The molecule has 5 rings (SSSR count). The van der Waals surface area contributed by atoms with Crippen LogP contribution in [0.3, 0.4) is 0 Å². The van der Waals surface area contributed by atoms with Gasteiger partial charge < -0.3 is 19.3 Å². The van der Waals surface area contributed by atoms with E-state index < -0.39 is 0 Å². The summed E-state index contributed by atoms with van der Waals surface area (Å²) in [7, 11) is 3.37. The second-order valence-corrected chi connectivity index (χ2v) is 12.2. The van der Waals surface area contributed by atoms with Gasteiger partial charge >= 0.3 is 0 Å². The molecule has 0 N–H and O–H groups in total. The average Bonchev–Trinajstić information content (AvgIpc) is 3.00. The maximum atomic E-state index is 14.4. The van der Waals surface area contributed by atoms with Crippen molar-refractivity contribution in [2.75, 3.05) is 83.0 Å². The van der Waals surface area contributed by atoms with Crippen LogP contribution >= 0.6 is 11.8 Å². The standard InChI is InChI=1S/C31H43FN4O3S/c1-38-29-9-5-6-25(31(29)39-2)23-33-13-12-27(24(22-33)10-11-30(37)36-18-20-40-21-19-36)34-14-16-35(17-15-34)28-8-4-3-7-26(28)32/h3-9,24,27H,10-23H2,1-2H3/t24-,27+/m0/s1. The number of anilines is 1. The lowest BCUT2D eigenvalue weighted by Crippen LogP contribution is -2.57. The first-order valence-electron chi connectivity index (χ1n) is 14.6. The SMILES string of the molecule is COc1cccc(CN2CC[C@@H](N3CCN(c4ccccc4F)CC3)[C@@H](CCC(=O)N3CCSCC3)C2)c1OC. The first kappa shape index (κ1) is 29.0. The molecular formula is C31H43FN4O3S. The monoisotopic (exact) mass is 570 g/mol. The second kappa shape index (κ2) is 13.9. The van der Waals surface area contributed by atoms with Crippen molar-refractivity contribution in [1.82, 2.24) is 14.7 Å². The van der Waals surface area contributed by atoms with Gasteiger partial charge in [-0.1, -0.05) is 24.3 Å². The maximum absolute atomic E-state index is 14.4. The van der Waals surface area contributed by atoms with Gasteiger partial charge in [0.2, 0.25) is 5.91 Å². The highest BCUT2D eigenvalue weighted by atomic mass is 32.2. The molecule has 3 aliphatic rings. The highest BCUT2D eigenvalue weighted by Gasteiger charge is 2.36. The highest BCUT2D eigenvalue weighted by molar-refractivity contribution is 7.99. The number of hydrogen-bond donors (Lipinski definition) is 0. The van der Waals surface area contributed by atoms with Gasteiger partial charge in [0.15, 0.2) is 11.5 Å². The Morgan fingerprint density at radius 3 is 2.45 bits per heavy atom.